The maximum atomic E-state index is 10.7. The standard InChI is InChI=1S/C7H12N2O3/c1-3-12-6(10)4-5(2)9-7(8)11/h4H,3H2,1-2H3,(H3,8,9,11)/b5-4+. The lowest BCUT2D eigenvalue weighted by Gasteiger charge is -2.00. The molecular formula is C7H12N2O3. The van der Waals surface area contributed by atoms with Crippen molar-refractivity contribution in [2.75, 3.05) is 6.61 Å². The predicted octanol–water partition coefficient (Wildman–Crippen LogP) is 0.122. The second-order valence-corrected chi connectivity index (χ2v) is 2.07. The summed E-state index contributed by atoms with van der Waals surface area (Å²) in [5.74, 6) is -0.497. The first-order valence-electron chi connectivity index (χ1n) is 3.47. The van der Waals surface area contributed by atoms with Gasteiger partial charge in [0.1, 0.15) is 0 Å². The van der Waals surface area contributed by atoms with Gasteiger partial charge in [0, 0.05) is 11.8 Å². The Bertz CT molecular complexity index is 211. The molecule has 0 aliphatic heterocycles. The Balaban J connectivity index is 3.97. The molecular weight excluding hydrogens is 160 g/mol. The van der Waals surface area contributed by atoms with Gasteiger partial charge in [0.2, 0.25) is 0 Å². The van der Waals surface area contributed by atoms with E-state index in [0.717, 1.165) is 6.08 Å². The van der Waals surface area contributed by atoms with Crippen LogP contribution in [0.2, 0.25) is 0 Å². The smallest absolute Gasteiger partial charge is 0.332 e. The van der Waals surface area contributed by atoms with Crippen LogP contribution in [-0.2, 0) is 9.53 Å². The molecule has 0 bridgehead atoms. The molecule has 0 spiro atoms. The van der Waals surface area contributed by atoms with E-state index >= 15 is 0 Å². The Morgan fingerprint density at radius 2 is 2.17 bits per heavy atom. The maximum absolute atomic E-state index is 10.7. The summed E-state index contributed by atoms with van der Waals surface area (Å²) >= 11 is 0. The van der Waals surface area contributed by atoms with Gasteiger partial charge in [-0.2, -0.15) is 0 Å². The number of primary amides is 1. The molecule has 0 heterocycles. The van der Waals surface area contributed by atoms with Gasteiger partial charge in [-0.1, -0.05) is 0 Å². The molecule has 0 fully saturated rings. The Hall–Kier alpha value is -1.52. The number of hydrogen-bond acceptors (Lipinski definition) is 3. The summed E-state index contributed by atoms with van der Waals surface area (Å²) in [7, 11) is 0. The van der Waals surface area contributed by atoms with Crippen molar-refractivity contribution in [3.8, 4) is 0 Å². The number of carbonyl (C=O) groups is 2. The van der Waals surface area contributed by atoms with E-state index in [-0.39, 0.29) is 0 Å². The number of allylic oxidation sites excluding steroid dienone is 1. The van der Waals surface area contributed by atoms with Crippen LogP contribution in [0.3, 0.4) is 0 Å². The SMILES string of the molecule is CCOC(=O)/C=C(\C)NC(N)=O. The van der Waals surface area contributed by atoms with E-state index in [9.17, 15) is 9.59 Å². The third kappa shape index (κ3) is 5.28. The number of amides is 2. The van der Waals surface area contributed by atoms with Crippen LogP contribution in [-0.4, -0.2) is 18.6 Å². The number of esters is 1. The van der Waals surface area contributed by atoms with E-state index in [2.05, 4.69) is 10.1 Å². The molecule has 0 rings (SSSR count). The number of nitrogens with one attached hydrogen (secondary N) is 1. The molecule has 0 aromatic rings. The summed E-state index contributed by atoms with van der Waals surface area (Å²) in [6.07, 6.45) is 1.16. The molecule has 2 amide bonds. The summed E-state index contributed by atoms with van der Waals surface area (Å²) in [6, 6.07) is -0.701. The number of carbonyl (C=O) groups excluding carboxylic acids is 2. The molecule has 0 saturated carbocycles. The van der Waals surface area contributed by atoms with Gasteiger partial charge in [-0.25, -0.2) is 9.59 Å². The van der Waals surface area contributed by atoms with Gasteiger partial charge in [0.15, 0.2) is 0 Å². The van der Waals surface area contributed by atoms with Crippen LogP contribution in [0.15, 0.2) is 11.8 Å². The van der Waals surface area contributed by atoms with Crippen LogP contribution in [0.5, 0.6) is 0 Å². The van der Waals surface area contributed by atoms with Crippen molar-refractivity contribution in [2.24, 2.45) is 5.73 Å². The molecule has 12 heavy (non-hydrogen) atoms. The Morgan fingerprint density at radius 1 is 1.58 bits per heavy atom. The normalized spacial score (nSPS) is 10.7. The van der Waals surface area contributed by atoms with E-state index in [1.165, 1.54) is 0 Å². The Kier molecular flexibility index (Phi) is 4.52. The van der Waals surface area contributed by atoms with Crippen molar-refractivity contribution in [1.29, 1.82) is 0 Å². The highest BCUT2D eigenvalue weighted by Crippen LogP contribution is 1.88. The van der Waals surface area contributed by atoms with Crippen LogP contribution in [0.1, 0.15) is 13.8 Å². The predicted molar refractivity (Wildman–Crippen MR) is 43.1 cm³/mol. The van der Waals surface area contributed by atoms with Crippen molar-refractivity contribution in [2.45, 2.75) is 13.8 Å². The van der Waals surface area contributed by atoms with Crippen LogP contribution in [0, 0.1) is 0 Å². The van der Waals surface area contributed by atoms with E-state index in [0.29, 0.717) is 12.3 Å². The molecule has 0 radical (unpaired) electrons. The Labute approximate surface area is 70.6 Å². The third-order valence-corrected chi connectivity index (χ3v) is 0.941. The average Bonchev–Trinajstić information content (AvgIpc) is 1.84. The fraction of sp³-hybridized carbons (Fsp3) is 0.429. The van der Waals surface area contributed by atoms with Crippen molar-refractivity contribution in [3.05, 3.63) is 11.8 Å². The monoisotopic (exact) mass is 172 g/mol. The highest BCUT2D eigenvalue weighted by Gasteiger charge is 1.98. The second kappa shape index (κ2) is 5.17. The van der Waals surface area contributed by atoms with Gasteiger partial charge in [0.25, 0.3) is 0 Å². The van der Waals surface area contributed by atoms with Crippen LogP contribution in [0.25, 0.3) is 0 Å². The molecule has 5 nitrogen and oxygen atoms in total. The summed E-state index contributed by atoms with van der Waals surface area (Å²) in [6.45, 7) is 3.55. The zero-order valence-electron chi connectivity index (χ0n) is 7.09. The highest BCUT2D eigenvalue weighted by molar-refractivity contribution is 5.84. The molecule has 0 aliphatic carbocycles. The number of rotatable bonds is 3. The molecule has 0 aromatic heterocycles. The van der Waals surface area contributed by atoms with Gasteiger partial charge < -0.3 is 15.8 Å². The number of nitrogens with two attached hydrogens (primary N) is 1. The highest BCUT2D eigenvalue weighted by atomic mass is 16.5. The third-order valence-electron chi connectivity index (χ3n) is 0.941. The largest absolute Gasteiger partial charge is 0.463 e. The van der Waals surface area contributed by atoms with Gasteiger partial charge in [-0.05, 0) is 13.8 Å². The minimum atomic E-state index is -0.701. The molecule has 0 aromatic carbocycles. The van der Waals surface area contributed by atoms with Crippen molar-refractivity contribution < 1.29 is 14.3 Å². The van der Waals surface area contributed by atoms with E-state index < -0.39 is 12.0 Å². The first-order chi connectivity index (χ1) is 5.56. The summed E-state index contributed by atoms with van der Waals surface area (Å²) < 4.78 is 4.59. The summed E-state index contributed by atoms with van der Waals surface area (Å²) in [5.41, 5.74) is 5.16. The lowest BCUT2D eigenvalue weighted by Crippen LogP contribution is -2.28. The first-order valence-corrected chi connectivity index (χ1v) is 3.47. The molecule has 0 unspecified atom stereocenters. The fourth-order valence-corrected chi connectivity index (χ4v) is 0.591. The summed E-state index contributed by atoms with van der Waals surface area (Å²) in [4.78, 5) is 21.0. The number of urea groups is 1. The fourth-order valence-electron chi connectivity index (χ4n) is 0.591. The second-order valence-electron chi connectivity index (χ2n) is 2.07. The van der Waals surface area contributed by atoms with E-state index in [4.69, 9.17) is 5.73 Å². The minimum absolute atomic E-state index is 0.305. The van der Waals surface area contributed by atoms with Crippen molar-refractivity contribution >= 4 is 12.0 Å². The van der Waals surface area contributed by atoms with Gasteiger partial charge in [-0.3, -0.25) is 0 Å². The topological polar surface area (TPSA) is 81.4 Å². The lowest BCUT2D eigenvalue weighted by atomic mass is 10.4. The van der Waals surface area contributed by atoms with E-state index in [1.54, 1.807) is 13.8 Å². The average molecular weight is 172 g/mol. The molecule has 0 atom stereocenters. The molecule has 0 saturated heterocycles. The molecule has 5 heteroatoms. The maximum Gasteiger partial charge on any atom is 0.332 e. The van der Waals surface area contributed by atoms with Gasteiger partial charge in [0.05, 0.1) is 6.61 Å². The number of ether oxygens (including phenoxy) is 1. The van der Waals surface area contributed by atoms with Crippen molar-refractivity contribution in [1.82, 2.24) is 5.32 Å². The lowest BCUT2D eigenvalue weighted by molar-refractivity contribution is -0.137. The molecule has 3 N–H and O–H groups in total. The minimum Gasteiger partial charge on any atom is -0.463 e. The zero-order valence-corrected chi connectivity index (χ0v) is 7.09. The molecule has 0 aliphatic rings. The van der Waals surface area contributed by atoms with Crippen molar-refractivity contribution in [3.63, 3.8) is 0 Å². The number of hydrogen-bond donors (Lipinski definition) is 2. The van der Waals surface area contributed by atoms with E-state index in [1.807, 2.05) is 0 Å². The Morgan fingerprint density at radius 3 is 2.58 bits per heavy atom. The molecule has 68 valence electrons. The van der Waals surface area contributed by atoms with Gasteiger partial charge >= 0.3 is 12.0 Å². The van der Waals surface area contributed by atoms with Crippen LogP contribution >= 0.6 is 0 Å². The quantitative estimate of drug-likeness (QED) is 0.468. The first kappa shape index (κ1) is 10.5. The van der Waals surface area contributed by atoms with Crippen LogP contribution in [0.4, 0.5) is 4.79 Å². The summed E-state index contributed by atoms with van der Waals surface area (Å²) in [5, 5.41) is 2.23. The van der Waals surface area contributed by atoms with Gasteiger partial charge in [-0.15, -0.1) is 0 Å². The van der Waals surface area contributed by atoms with Crippen LogP contribution < -0.4 is 11.1 Å². The zero-order chi connectivity index (χ0) is 9.56.